The Morgan fingerprint density at radius 2 is 1.81 bits per heavy atom. The molecule has 0 unspecified atom stereocenters. The number of benzene rings is 2. The van der Waals surface area contributed by atoms with Gasteiger partial charge in [0.25, 0.3) is 0 Å². The van der Waals surface area contributed by atoms with Crippen LogP contribution in [0.4, 0.5) is 0 Å². The van der Waals surface area contributed by atoms with Crippen molar-refractivity contribution in [1.29, 1.82) is 0 Å². The van der Waals surface area contributed by atoms with Crippen molar-refractivity contribution in [3.05, 3.63) is 52.6 Å². The summed E-state index contributed by atoms with van der Waals surface area (Å²) in [5.74, 6) is 0.449. The Balaban J connectivity index is 2.18. The number of phenolic OH excluding ortho intramolecular Hbond substituents is 2. The molecule has 4 heteroatoms. The quantitative estimate of drug-likeness (QED) is 0.623. The molecule has 1 aliphatic heterocycles. The number of carbonyl (C=O) groups is 1. The van der Waals surface area contributed by atoms with E-state index in [0.29, 0.717) is 5.75 Å². The van der Waals surface area contributed by atoms with Crippen molar-refractivity contribution in [1.82, 2.24) is 0 Å². The number of phenols is 2. The molecule has 1 heterocycles. The highest BCUT2D eigenvalue weighted by atomic mass is 16.5. The van der Waals surface area contributed by atoms with Crippen LogP contribution in [0.5, 0.6) is 17.2 Å². The van der Waals surface area contributed by atoms with Gasteiger partial charge >= 0.3 is 5.97 Å². The minimum atomic E-state index is -0.289. The lowest BCUT2D eigenvalue weighted by atomic mass is 9.83. The molecule has 0 aromatic heterocycles. The van der Waals surface area contributed by atoms with Crippen LogP contribution in [-0.4, -0.2) is 16.2 Å². The van der Waals surface area contributed by atoms with Crippen LogP contribution >= 0.6 is 0 Å². The Kier molecular flexibility index (Phi) is 3.09. The summed E-state index contributed by atoms with van der Waals surface area (Å²) in [4.78, 5) is 11.8. The molecule has 0 saturated heterocycles. The van der Waals surface area contributed by atoms with Gasteiger partial charge < -0.3 is 14.9 Å². The van der Waals surface area contributed by atoms with Crippen molar-refractivity contribution in [3.8, 4) is 17.2 Å². The fourth-order valence-corrected chi connectivity index (χ4v) is 2.83. The first-order valence-electron chi connectivity index (χ1n) is 6.80. The summed E-state index contributed by atoms with van der Waals surface area (Å²) in [6, 6.07) is 8.45. The topological polar surface area (TPSA) is 66.8 Å². The molecular weight excluding hydrogens is 268 g/mol. The van der Waals surface area contributed by atoms with Gasteiger partial charge in [-0.1, -0.05) is 12.1 Å². The molecule has 0 radical (unpaired) electrons. The summed E-state index contributed by atoms with van der Waals surface area (Å²) in [6.45, 7) is 3.63. The number of hydrogen-bond donors (Lipinski definition) is 2. The fraction of sp³-hybridized carbons (Fsp3) is 0.235. The highest BCUT2D eigenvalue weighted by Gasteiger charge is 2.31. The molecule has 21 heavy (non-hydrogen) atoms. The third-order valence-corrected chi connectivity index (χ3v) is 4.01. The number of hydrogen-bond acceptors (Lipinski definition) is 4. The SMILES string of the molecule is Cc1cc([C@H]2CC(=O)Oc3ccc(O)c(C)c32)ccc1O. The van der Waals surface area contributed by atoms with Crippen molar-refractivity contribution in [2.24, 2.45) is 0 Å². The average molecular weight is 284 g/mol. The van der Waals surface area contributed by atoms with Crippen LogP contribution in [-0.2, 0) is 4.79 Å². The third-order valence-electron chi connectivity index (χ3n) is 4.01. The van der Waals surface area contributed by atoms with Crippen LogP contribution in [0.25, 0.3) is 0 Å². The Labute approximate surface area is 122 Å². The van der Waals surface area contributed by atoms with E-state index in [2.05, 4.69) is 0 Å². The highest BCUT2D eigenvalue weighted by Crippen LogP contribution is 2.43. The van der Waals surface area contributed by atoms with E-state index >= 15 is 0 Å². The second kappa shape index (κ2) is 4.81. The zero-order chi connectivity index (χ0) is 15.1. The molecule has 2 aromatic rings. The van der Waals surface area contributed by atoms with Crippen molar-refractivity contribution in [2.75, 3.05) is 0 Å². The lowest BCUT2D eigenvalue weighted by Gasteiger charge is -2.27. The van der Waals surface area contributed by atoms with E-state index in [9.17, 15) is 15.0 Å². The molecule has 2 N–H and O–H groups in total. The lowest BCUT2D eigenvalue weighted by molar-refractivity contribution is -0.135. The van der Waals surface area contributed by atoms with Gasteiger partial charge in [-0.2, -0.15) is 0 Å². The maximum absolute atomic E-state index is 11.8. The molecule has 0 saturated carbocycles. The number of carbonyl (C=O) groups excluding carboxylic acids is 1. The molecular formula is C17H16O4. The number of ether oxygens (including phenoxy) is 1. The minimum absolute atomic E-state index is 0.173. The van der Waals surface area contributed by atoms with Gasteiger partial charge in [0.1, 0.15) is 17.2 Å². The first-order valence-corrected chi connectivity index (χ1v) is 6.80. The molecule has 108 valence electrons. The van der Waals surface area contributed by atoms with Crippen LogP contribution in [0, 0.1) is 13.8 Å². The van der Waals surface area contributed by atoms with E-state index in [1.54, 1.807) is 18.2 Å². The Hall–Kier alpha value is -2.49. The van der Waals surface area contributed by atoms with Crippen molar-refractivity contribution < 1.29 is 19.7 Å². The molecule has 0 fully saturated rings. The van der Waals surface area contributed by atoms with Crippen molar-refractivity contribution in [2.45, 2.75) is 26.2 Å². The highest BCUT2D eigenvalue weighted by molar-refractivity contribution is 5.78. The Morgan fingerprint density at radius 3 is 2.52 bits per heavy atom. The number of rotatable bonds is 1. The van der Waals surface area contributed by atoms with Crippen LogP contribution in [0.1, 0.15) is 34.6 Å². The van der Waals surface area contributed by atoms with Gasteiger partial charge in [0.05, 0.1) is 6.42 Å². The Bertz CT molecular complexity index is 734. The lowest BCUT2D eigenvalue weighted by Crippen LogP contribution is -2.22. The van der Waals surface area contributed by atoms with E-state index in [1.165, 1.54) is 6.07 Å². The van der Waals surface area contributed by atoms with Gasteiger partial charge in [0, 0.05) is 11.5 Å². The predicted molar refractivity (Wildman–Crippen MR) is 77.8 cm³/mol. The second-order valence-corrected chi connectivity index (χ2v) is 5.40. The fourth-order valence-electron chi connectivity index (χ4n) is 2.83. The number of fused-ring (bicyclic) bond motifs is 1. The van der Waals surface area contributed by atoms with Crippen molar-refractivity contribution in [3.63, 3.8) is 0 Å². The third kappa shape index (κ3) is 2.23. The normalized spacial score (nSPS) is 17.2. The van der Waals surface area contributed by atoms with Gasteiger partial charge in [0.2, 0.25) is 0 Å². The van der Waals surface area contributed by atoms with Crippen LogP contribution in [0.3, 0.4) is 0 Å². The van der Waals surface area contributed by atoms with Gasteiger partial charge in [0.15, 0.2) is 0 Å². The van der Waals surface area contributed by atoms with Crippen LogP contribution in [0.15, 0.2) is 30.3 Å². The standard InChI is InChI=1S/C17H16O4/c1-9-7-11(3-4-13(9)18)12-8-16(20)21-15-6-5-14(19)10(2)17(12)15/h3-7,12,18-19H,8H2,1-2H3/t12-/m1/s1. The average Bonchev–Trinajstić information content (AvgIpc) is 2.45. The molecule has 0 spiro atoms. The zero-order valence-electron chi connectivity index (χ0n) is 11.9. The maximum atomic E-state index is 11.8. The summed E-state index contributed by atoms with van der Waals surface area (Å²) in [7, 11) is 0. The van der Waals surface area contributed by atoms with E-state index in [-0.39, 0.29) is 29.8 Å². The Morgan fingerprint density at radius 1 is 1.10 bits per heavy atom. The van der Waals surface area contributed by atoms with Crippen LogP contribution in [0.2, 0.25) is 0 Å². The summed E-state index contributed by atoms with van der Waals surface area (Å²) in [6.07, 6.45) is 0.224. The smallest absolute Gasteiger partial charge is 0.312 e. The van der Waals surface area contributed by atoms with E-state index < -0.39 is 0 Å². The minimum Gasteiger partial charge on any atom is -0.508 e. The number of aryl methyl sites for hydroxylation is 1. The first kappa shape index (κ1) is 13.5. The first-order chi connectivity index (χ1) is 9.97. The molecule has 4 nitrogen and oxygen atoms in total. The molecule has 0 aliphatic carbocycles. The molecule has 1 atom stereocenters. The molecule has 3 rings (SSSR count). The zero-order valence-corrected chi connectivity index (χ0v) is 11.9. The number of esters is 1. The maximum Gasteiger partial charge on any atom is 0.312 e. The van der Waals surface area contributed by atoms with E-state index in [1.807, 2.05) is 19.9 Å². The van der Waals surface area contributed by atoms with Gasteiger partial charge in [-0.05, 0) is 48.7 Å². The van der Waals surface area contributed by atoms with Gasteiger partial charge in [-0.3, -0.25) is 4.79 Å². The summed E-state index contributed by atoms with van der Waals surface area (Å²) in [5, 5.41) is 19.6. The molecule has 0 bridgehead atoms. The molecule has 1 aliphatic rings. The second-order valence-electron chi connectivity index (χ2n) is 5.40. The van der Waals surface area contributed by atoms with Crippen molar-refractivity contribution >= 4 is 5.97 Å². The predicted octanol–water partition coefficient (Wildman–Crippen LogP) is 3.16. The van der Waals surface area contributed by atoms with Gasteiger partial charge in [-0.25, -0.2) is 0 Å². The summed E-state index contributed by atoms with van der Waals surface area (Å²) < 4.78 is 5.27. The van der Waals surface area contributed by atoms with Gasteiger partial charge in [-0.15, -0.1) is 0 Å². The van der Waals surface area contributed by atoms with E-state index in [4.69, 9.17) is 4.74 Å². The summed E-state index contributed by atoms with van der Waals surface area (Å²) >= 11 is 0. The molecule has 2 aromatic carbocycles. The van der Waals surface area contributed by atoms with E-state index in [0.717, 1.165) is 22.3 Å². The number of aromatic hydroxyl groups is 2. The molecule has 0 amide bonds. The largest absolute Gasteiger partial charge is 0.508 e. The summed E-state index contributed by atoms with van der Waals surface area (Å²) in [5.41, 5.74) is 3.23. The van der Waals surface area contributed by atoms with Crippen LogP contribution < -0.4 is 4.74 Å². The monoisotopic (exact) mass is 284 g/mol.